The Bertz CT molecular complexity index is 237. The summed E-state index contributed by atoms with van der Waals surface area (Å²) in [5, 5.41) is 9.09. The molecule has 1 saturated carbocycles. The number of hydrogen-bond acceptors (Lipinski definition) is 2. The standard InChI is InChI=1S/C12H18O2/c13-9-11-6-7-14-12(11)8-10-4-2-1-3-5-10/h6-8,10-11,13H,1-5,9H2/b12-8+. The van der Waals surface area contributed by atoms with Crippen molar-refractivity contribution in [3.05, 3.63) is 24.2 Å². The summed E-state index contributed by atoms with van der Waals surface area (Å²) >= 11 is 0. The second-order valence-corrected chi connectivity index (χ2v) is 4.20. The maximum atomic E-state index is 9.09. The first-order valence-electron chi connectivity index (χ1n) is 5.56. The Morgan fingerprint density at radius 2 is 2.14 bits per heavy atom. The van der Waals surface area contributed by atoms with E-state index in [0.29, 0.717) is 5.92 Å². The van der Waals surface area contributed by atoms with E-state index in [9.17, 15) is 0 Å². The van der Waals surface area contributed by atoms with Crippen LogP contribution in [0.3, 0.4) is 0 Å². The molecule has 2 rings (SSSR count). The molecule has 0 saturated heterocycles. The van der Waals surface area contributed by atoms with Gasteiger partial charge in [-0.15, -0.1) is 0 Å². The minimum Gasteiger partial charge on any atom is -0.469 e. The Balaban J connectivity index is 1.95. The monoisotopic (exact) mass is 194 g/mol. The van der Waals surface area contributed by atoms with Crippen LogP contribution in [0.15, 0.2) is 24.2 Å². The van der Waals surface area contributed by atoms with Gasteiger partial charge >= 0.3 is 0 Å². The summed E-state index contributed by atoms with van der Waals surface area (Å²) in [5.74, 6) is 1.74. The predicted octanol–water partition coefficient (Wildman–Crippen LogP) is 2.60. The Hall–Kier alpha value is -0.760. The van der Waals surface area contributed by atoms with Gasteiger partial charge in [-0.2, -0.15) is 0 Å². The van der Waals surface area contributed by atoms with Crippen LogP contribution in [-0.2, 0) is 4.74 Å². The van der Waals surface area contributed by atoms with E-state index in [0.717, 1.165) is 5.76 Å². The molecule has 0 aromatic heterocycles. The predicted molar refractivity (Wildman–Crippen MR) is 55.5 cm³/mol. The summed E-state index contributed by atoms with van der Waals surface area (Å²) in [7, 11) is 0. The highest BCUT2D eigenvalue weighted by Gasteiger charge is 2.19. The maximum absolute atomic E-state index is 9.09. The van der Waals surface area contributed by atoms with Gasteiger partial charge in [-0.25, -0.2) is 0 Å². The summed E-state index contributed by atoms with van der Waals surface area (Å²) in [6.07, 6.45) is 12.5. The lowest BCUT2D eigenvalue weighted by molar-refractivity contribution is 0.236. The zero-order valence-corrected chi connectivity index (χ0v) is 8.48. The lowest BCUT2D eigenvalue weighted by Crippen LogP contribution is -2.08. The molecule has 1 fully saturated rings. The van der Waals surface area contributed by atoms with Crippen LogP contribution in [0.2, 0.25) is 0 Å². The fourth-order valence-corrected chi connectivity index (χ4v) is 2.24. The Morgan fingerprint density at radius 1 is 1.36 bits per heavy atom. The van der Waals surface area contributed by atoms with E-state index in [2.05, 4.69) is 6.08 Å². The largest absolute Gasteiger partial charge is 0.469 e. The first kappa shape index (κ1) is 9.78. The maximum Gasteiger partial charge on any atom is 0.109 e. The van der Waals surface area contributed by atoms with Crippen molar-refractivity contribution in [2.45, 2.75) is 32.1 Å². The van der Waals surface area contributed by atoms with Crippen LogP contribution in [0.1, 0.15) is 32.1 Å². The third kappa shape index (κ3) is 2.18. The zero-order valence-electron chi connectivity index (χ0n) is 8.48. The molecule has 1 N–H and O–H groups in total. The van der Waals surface area contributed by atoms with Crippen molar-refractivity contribution in [1.82, 2.24) is 0 Å². The topological polar surface area (TPSA) is 29.5 Å². The van der Waals surface area contributed by atoms with E-state index in [1.165, 1.54) is 32.1 Å². The Morgan fingerprint density at radius 3 is 2.86 bits per heavy atom. The molecule has 78 valence electrons. The van der Waals surface area contributed by atoms with Crippen LogP contribution in [-0.4, -0.2) is 11.7 Å². The fraction of sp³-hybridized carbons (Fsp3) is 0.667. The van der Waals surface area contributed by atoms with Gasteiger partial charge in [0.05, 0.1) is 18.8 Å². The van der Waals surface area contributed by atoms with Gasteiger partial charge in [-0.05, 0) is 30.9 Å². The van der Waals surface area contributed by atoms with Crippen LogP contribution in [0.25, 0.3) is 0 Å². The third-order valence-electron chi connectivity index (χ3n) is 3.13. The van der Waals surface area contributed by atoms with Gasteiger partial charge < -0.3 is 9.84 Å². The molecule has 1 atom stereocenters. The lowest BCUT2D eigenvalue weighted by atomic mass is 9.88. The molecule has 1 unspecified atom stereocenters. The van der Waals surface area contributed by atoms with Gasteiger partial charge in [-0.3, -0.25) is 0 Å². The van der Waals surface area contributed by atoms with E-state index in [1.807, 2.05) is 6.08 Å². The number of rotatable bonds is 2. The SMILES string of the molecule is OCC1C=CO/C1=C/C1CCCCC1. The highest BCUT2D eigenvalue weighted by Crippen LogP contribution is 2.29. The van der Waals surface area contributed by atoms with Gasteiger partial charge in [0, 0.05) is 0 Å². The number of allylic oxidation sites excluding steroid dienone is 1. The molecule has 1 aliphatic carbocycles. The van der Waals surface area contributed by atoms with E-state index >= 15 is 0 Å². The average molecular weight is 194 g/mol. The van der Waals surface area contributed by atoms with Crippen LogP contribution >= 0.6 is 0 Å². The van der Waals surface area contributed by atoms with Crippen molar-refractivity contribution in [2.24, 2.45) is 11.8 Å². The zero-order chi connectivity index (χ0) is 9.80. The summed E-state index contributed by atoms with van der Waals surface area (Å²) in [6.45, 7) is 0.162. The van der Waals surface area contributed by atoms with Gasteiger partial charge in [0.1, 0.15) is 5.76 Å². The van der Waals surface area contributed by atoms with Crippen LogP contribution in [0.4, 0.5) is 0 Å². The normalized spacial score (nSPS) is 30.9. The number of aliphatic hydroxyl groups excluding tert-OH is 1. The molecule has 0 spiro atoms. The molecular formula is C12H18O2. The molecule has 0 aromatic rings. The molecule has 1 aliphatic heterocycles. The van der Waals surface area contributed by atoms with Crippen molar-refractivity contribution >= 4 is 0 Å². The second-order valence-electron chi connectivity index (χ2n) is 4.20. The number of ether oxygens (including phenoxy) is 1. The van der Waals surface area contributed by atoms with Gasteiger partial charge in [-0.1, -0.05) is 19.3 Å². The van der Waals surface area contributed by atoms with E-state index in [-0.39, 0.29) is 12.5 Å². The number of aliphatic hydroxyl groups is 1. The van der Waals surface area contributed by atoms with Crippen molar-refractivity contribution in [3.63, 3.8) is 0 Å². The minimum absolute atomic E-state index is 0.108. The highest BCUT2D eigenvalue weighted by atomic mass is 16.5. The molecule has 2 heteroatoms. The molecule has 2 nitrogen and oxygen atoms in total. The van der Waals surface area contributed by atoms with Gasteiger partial charge in [0.15, 0.2) is 0 Å². The average Bonchev–Trinajstić information content (AvgIpc) is 2.67. The molecule has 0 radical (unpaired) electrons. The van der Waals surface area contributed by atoms with Crippen LogP contribution in [0, 0.1) is 11.8 Å². The molecular weight excluding hydrogens is 176 g/mol. The van der Waals surface area contributed by atoms with Gasteiger partial charge in [0.25, 0.3) is 0 Å². The molecule has 0 amide bonds. The summed E-state index contributed by atoms with van der Waals surface area (Å²) in [5.41, 5.74) is 0. The van der Waals surface area contributed by atoms with Crippen molar-refractivity contribution < 1.29 is 9.84 Å². The smallest absolute Gasteiger partial charge is 0.109 e. The Labute approximate surface area is 85.3 Å². The summed E-state index contributed by atoms with van der Waals surface area (Å²) in [6, 6.07) is 0. The summed E-state index contributed by atoms with van der Waals surface area (Å²) < 4.78 is 5.38. The van der Waals surface area contributed by atoms with Crippen molar-refractivity contribution in [1.29, 1.82) is 0 Å². The summed E-state index contributed by atoms with van der Waals surface area (Å²) in [4.78, 5) is 0. The van der Waals surface area contributed by atoms with Crippen LogP contribution < -0.4 is 0 Å². The highest BCUT2D eigenvalue weighted by molar-refractivity contribution is 5.14. The third-order valence-corrected chi connectivity index (χ3v) is 3.13. The minimum atomic E-state index is 0.108. The first-order valence-corrected chi connectivity index (χ1v) is 5.56. The molecule has 14 heavy (non-hydrogen) atoms. The molecule has 0 aromatic carbocycles. The van der Waals surface area contributed by atoms with E-state index < -0.39 is 0 Å². The molecule has 0 bridgehead atoms. The fourth-order valence-electron chi connectivity index (χ4n) is 2.24. The quantitative estimate of drug-likeness (QED) is 0.732. The van der Waals surface area contributed by atoms with E-state index in [1.54, 1.807) is 6.26 Å². The van der Waals surface area contributed by atoms with Crippen molar-refractivity contribution in [2.75, 3.05) is 6.61 Å². The van der Waals surface area contributed by atoms with Crippen LogP contribution in [0.5, 0.6) is 0 Å². The lowest BCUT2D eigenvalue weighted by Gasteiger charge is -2.19. The molecule has 1 heterocycles. The molecule has 2 aliphatic rings. The Kier molecular flexibility index (Phi) is 3.25. The number of hydrogen-bond donors (Lipinski definition) is 1. The first-order chi connectivity index (χ1) is 6.90. The van der Waals surface area contributed by atoms with E-state index in [4.69, 9.17) is 9.84 Å². The van der Waals surface area contributed by atoms with Gasteiger partial charge in [0.2, 0.25) is 0 Å². The second kappa shape index (κ2) is 4.65. The van der Waals surface area contributed by atoms with Crippen molar-refractivity contribution in [3.8, 4) is 0 Å².